The molecule has 1 atom stereocenters. The number of carbonyl (C=O) groups is 2. The van der Waals surface area contributed by atoms with Crippen molar-refractivity contribution in [2.45, 2.75) is 66.6 Å². The number of thiophene rings is 1. The standard InChI is InChI=1S/C33H40N8O2S/c1-22(2)16-24(18-34)31(43)39-14-6-8-25(39)20-40-27-10-9-23(19-35-21-33(3,4)5)17-26(27)37-32(40)38-30(42)28-11-12-29(44-28)41-15-7-13-36-41/h7,9-13,15-17,22,25,35H,6,8,14,19-21H2,1-5H3,(H,37,38,42)/b24-16+/t25-/m1/s1. The number of imidazole rings is 1. The minimum atomic E-state index is -0.261. The van der Waals surface area contributed by atoms with Crippen LogP contribution in [0.25, 0.3) is 16.0 Å². The van der Waals surface area contributed by atoms with Crippen molar-refractivity contribution in [3.63, 3.8) is 0 Å². The molecule has 0 bridgehead atoms. The highest BCUT2D eigenvalue weighted by Crippen LogP contribution is 2.28. The minimum absolute atomic E-state index is 0.0900. The number of allylic oxidation sites excluding steroid dienone is 1. The number of rotatable bonds is 10. The summed E-state index contributed by atoms with van der Waals surface area (Å²) in [7, 11) is 0. The van der Waals surface area contributed by atoms with E-state index in [0.717, 1.165) is 41.0 Å². The first-order valence-corrected chi connectivity index (χ1v) is 15.9. The van der Waals surface area contributed by atoms with E-state index in [-0.39, 0.29) is 34.8 Å². The second-order valence-corrected chi connectivity index (χ2v) is 13.9. The maximum Gasteiger partial charge on any atom is 0.268 e. The van der Waals surface area contributed by atoms with Crippen molar-refractivity contribution in [1.29, 1.82) is 5.26 Å². The van der Waals surface area contributed by atoms with Crippen LogP contribution in [-0.4, -0.2) is 55.2 Å². The molecule has 1 aromatic carbocycles. The molecule has 1 fully saturated rings. The number of fused-ring (bicyclic) bond motifs is 1. The van der Waals surface area contributed by atoms with Crippen LogP contribution in [-0.2, 0) is 17.9 Å². The van der Waals surface area contributed by atoms with Crippen LogP contribution in [0.15, 0.2) is 60.4 Å². The summed E-state index contributed by atoms with van der Waals surface area (Å²) in [6, 6.07) is 13.6. The van der Waals surface area contributed by atoms with Crippen LogP contribution >= 0.6 is 11.3 Å². The van der Waals surface area contributed by atoms with Crippen molar-refractivity contribution in [3.05, 3.63) is 70.9 Å². The van der Waals surface area contributed by atoms with Gasteiger partial charge in [-0.3, -0.25) is 14.9 Å². The number of nitriles is 1. The molecule has 0 spiro atoms. The summed E-state index contributed by atoms with van der Waals surface area (Å²) in [5.74, 6) is 0.0160. The predicted molar refractivity (Wildman–Crippen MR) is 174 cm³/mol. The number of nitrogens with zero attached hydrogens (tertiary/aromatic N) is 6. The van der Waals surface area contributed by atoms with Crippen LogP contribution in [0, 0.1) is 22.7 Å². The van der Waals surface area contributed by atoms with E-state index in [1.165, 1.54) is 11.3 Å². The molecule has 4 aromatic rings. The van der Waals surface area contributed by atoms with E-state index in [0.29, 0.717) is 30.5 Å². The molecule has 10 nitrogen and oxygen atoms in total. The van der Waals surface area contributed by atoms with Crippen LogP contribution in [0.1, 0.15) is 62.7 Å². The predicted octanol–water partition coefficient (Wildman–Crippen LogP) is 5.77. The maximum absolute atomic E-state index is 13.5. The smallest absolute Gasteiger partial charge is 0.268 e. The maximum atomic E-state index is 13.5. The number of aromatic nitrogens is 4. The summed E-state index contributed by atoms with van der Waals surface area (Å²) in [6.07, 6.45) is 6.91. The van der Waals surface area contributed by atoms with Gasteiger partial charge in [-0.1, -0.05) is 46.8 Å². The fourth-order valence-corrected chi connectivity index (χ4v) is 6.27. The number of anilines is 1. The Morgan fingerprint density at radius 1 is 1.23 bits per heavy atom. The average Bonchev–Trinajstić information content (AvgIpc) is 3.78. The van der Waals surface area contributed by atoms with Gasteiger partial charge in [-0.25, -0.2) is 9.67 Å². The van der Waals surface area contributed by atoms with Gasteiger partial charge in [0, 0.05) is 38.6 Å². The van der Waals surface area contributed by atoms with Gasteiger partial charge in [0.25, 0.3) is 11.8 Å². The van der Waals surface area contributed by atoms with Crippen molar-refractivity contribution >= 4 is 40.1 Å². The first kappa shape index (κ1) is 31.2. The van der Waals surface area contributed by atoms with Gasteiger partial charge in [0.1, 0.15) is 16.6 Å². The molecule has 1 saturated heterocycles. The molecule has 3 aromatic heterocycles. The Bertz CT molecular complexity index is 1700. The van der Waals surface area contributed by atoms with E-state index in [9.17, 15) is 14.9 Å². The van der Waals surface area contributed by atoms with Crippen LogP contribution < -0.4 is 10.6 Å². The molecular weight excluding hydrogens is 572 g/mol. The number of likely N-dealkylation sites (tertiary alicyclic amines) is 1. The molecule has 5 rings (SSSR count). The molecule has 230 valence electrons. The lowest BCUT2D eigenvalue weighted by Gasteiger charge is -2.26. The average molecular weight is 613 g/mol. The zero-order valence-electron chi connectivity index (χ0n) is 26.0. The topological polar surface area (TPSA) is 121 Å². The fraction of sp³-hybridized carbons (Fsp3) is 0.424. The third-order valence-corrected chi connectivity index (χ3v) is 8.52. The molecule has 1 aliphatic rings. The van der Waals surface area contributed by atoms with Gasteiger partial charge in [0.15, 0.2) is 0 Å². The van der Waals surface area contributed by atoms with E-state index in [1.54, 1.807) is 27.9 Å². The molecule has 1 aliphatic heterocycles. The summed E-state index contributed by atoms with van der Waals surface area (Å²) in [6.45, 7) is 13.1. The van der Waals surface area contributed by atoms with E-state index in [4.69, 9.17) is 4.98 Å². The van der Waals surface area contributed by atoms with Crippen LogP contribution in [0.5, 0.6) is 0 Å². The Hall–Kier alpha value is -4.27. The molecule has 4 heterocycles. The van der Waals surface area contributed by atoms with Crippen LogP contribution in [0.2, 0.25) is 0 Å². The Morgan fingerprint density at radius 3 is 2.75 bits per heavy atom. The minimum Gasteiger partial charge on any atom is -0.333 e. The molecule has 2 N–H and O–H groups in total. The number of hydrogen-bond donors (Lipinski definition) is 2. The van der Waals surface area contributed by atoms with Crippen molar-refractivity contribution in [1.82, 2.24) is 29.5 Å². The SMILES string of the molecule is CC(C)/C=C(\C#N)C(=O)N1CCC[C@@H]1Cn1c(NC(=O)c2ccc(-n3cccn3)s2)nc2cc(CNCC(C)(C)C)ccc21. The van der Waals surface area contributed by atoms with Crippen molar-refractivity contribution in [2.75, 3.05) is 18.4 Å². The first-order valence-electron chi connectivity index (χ1n) is 15.1. The monoisotopic (exact) mass is 612 g/mol. The Labute approximate surface area is 262 Å². The van der Waals surface area contributed by atoms with E-state index in [1.807, 2.05) is 42.8 Å². The molecule has 0 saturated carbocycles. The van der Waals surface area contributed by atoms with Crippen molar-refractivity contribution in [2.24, 2.45) is 11.3 Å². The van der Waals surface area contributed by atoms with E-state index >= 15 is 0 Å². The highest BCUT2D eigenvalue weighted by Gasteiger charge is 2.32. The summed E-state index contributed by atoms with van der Waals surface area (Å²) in [5, 5.41) is 21.4. The van der Waals surface area contributed by atoms with Gasteiger partial charge in [0.05, 0.1) is 22.0 Å². The summed E-state index contributed by atoms with van der Waals surface area (Å²) >= 11 is 1.35. The van der Waals surface area contributed by atoms with Crippen molar-refractivity contribution < 1.29 is 9.59 Å². The zero-order valence-corrected chi connectivity index (χ0v) is 26.8. The van der Waals surface area contributed by atoms with Gasteiger partial charge in [0.2, 0.25) is 5.95 Å². The Morgan fingerprint density at radius 2 is 2.05 bits per heavy atom. The van der Waals surface area contributed by atoms with Gasteiger partial charge < -0.3 is 14.8 Å². The third-order valence-electron chi connectivity index (χ3n) is 7.45. The van der Waals surface area contributed by atoms with E-state index < -0.39 is 0 Å². The van der Waals surface area contributed by atoms with Crippen LogP contribution in [0.4, 0.5) is 5.95 Å². The second-order valence-electron chi connectivity index (χ2n) is 12.8. The summed E-state index contributed by atoms with van der Waals surface area (Å²) in [4.78, 5) is 34.1. The summed E-state index contributed by atoms with van der Waals surface area (Å²) < 4.78 is 3.72. The Kier molecular flexibility index (Phi) is 9.32. The fourth-order valence-electron chi connectivity index (χ4n) is 5.43. The number of carbonyl (C=O) groups excluding carboxylic acids is 2. The molecule has 11 heteroatoms. The molecule has 2 amide bonds. The quantitative estimate of drug-likeness (QED) is 0.173. The van der Waals surface area contributed by atoms with Gasteiger partial charge >= 0.3 is 0 Å². The molecule has 0 aliphatic carbocycles. The number of benzene rings is 1. The second kappa shape index (κ2) is 13.2. The number of hydrogen-bond acceptors (Lipinski definition) is 7. The lowest BCUT2D eigenvalue weighted by Crippen LogP contribution is -2.39. The lowest BCUT2D eigenvalue weighted by molar-refractivity contribution is -0.127. The van der Waals surface area contributed by atoms with Gasteiger partial charge in [-0.2, -0.15) is 10.4 Å². The van der Waals surface area contributed by atoms with Gasteiger partial charge in [-0.05, 0) is 60.1 Å². The van der Waals surface area contributed by atoms with E-state index in [2.05, 4.69) is 54.7 Å². The van der Waals surface area contributed by atoms with Gasteiger partial charge in [-0.15, -0.1) is 11.3 Å². The number of nitrogens with one attached hydrogen (secondary N) is 2. The van der Waals surface area contributed by atoms with Crippen LogP contribution in [0.3, 0.4) is 0 Å². The lowest BCUT2D eigenvalue weighted by atomic mass is 9.97. The molecule has 0 unspecified atom stereocenters. The summed E-state index contributed by atoms with van der Waals surface area (Å²) in [5.41, 5.74) is 3.09. The third kappa shape index (κ3) is 7.26. The molecular formula is C33H40N8O2S. The highest BCUT2D eigenvalue weighted by molar-refractivity contribution is 7.16. The zero-order chi connectivity index (χ0) is 31.4. The highest BCUT2D eigenvalue weighted by atomic mass is 32.1. The first-order chi connectivity index (χ1) is 21.0. The largest absolute Gasteiger partial charge is 0.333 e. The molecule has 44 heavy (non-hydrogen) atoms. The normalized spacial score (nSPS) is 15.7. The Balaban J connectivity index is 1.44. The van der Waals surface area contributed by atoms with Crippen molar-refractivity contribution in [3.8, 4) is 11.1 Å². The number of amides is 2. The molecule has 0 radical (unpaired) electrons.